The van der Waals surface area contributed by atoms with Crippen LogP contribution in [0, 0.1) is 5.41 Å². The third-order valence-electron chi connectivity index (χ3n) is 7.44. The van der Waals surface area contributed by atoms with Gasteiger partial charge in [0.25, 0.3) is 15.9 Å². The molecule has 0 saturated heterocycles. The van der Waals surface area contributed by atoms with Crippen LogP contribution in [0.25, 0.3) is 11.6 Å². The highest BCUT2D eigenvalue weighted by atomic mass is 32.2. The van der Waals surface area contributed by atoms with E-state index in [1.165, 1.54) is 31.6 Å². The first-order chi connectivity index (χ1) is 21.3. The Morgan fingerprint density at radius 2 is 1.51 bits per heavy atom. The number of carbonyl (C=O) groups is 1. The molecule has 2 heterocycles. The van der Waals surface area contributed by atoms with Gasteiger partial charge in [-0.25, -0.2) is 23.4 Å². The van der Waals surface area contributed by atoms with Gasteiger partial charge in [0.1, 0.15) is 12.0 Å². The minimum atomic E-state index is -4.23. The fourth-order valence-corrected chi connectivity index (χ4v) is 5.37. The van der Waals surface area contributed by atoms with E-state index in [1.54, 1.807) is 56.3 Å². The number of nitrogens with zero attached hydrogens (tertiary/aromatic N) is 4. The molecule has 4 rings (SSSR count). The minimum Gasteiger partial charge on any atom is -0.493 e. The molecule has 2 aromatic heterocycles. The number of carboxylic acid groups (broad SMARTS) is 1. The van der Waals surface area contributed by atoms with Gasteiger partial charge in [0.2, 0.25) is 11.6 Å². The number of ether oxygens (including phenoxy) is 3. The van der Waals surface area contributed by atoms with Crippen LogP contribution in [0.2, 0.25) is 0 Å². The maximum Gasteiger partial charge on any atom is 0.313 e. The Morgan fingerprint density at radius 3 is 2.07 bits per heavy atom. The van der Waals surface area contributed by atoms with Crippen LogP contribution < -0.4 is 18.9 Å². The second-order valence-corrected chi connectivity index (χ2v) is 13.0. The zero-order chi connectivity index (χ0) is 32.8. The molecule has 45 heavy (non-hydrogen) atoms. The molecule has 0 atom stereocenters. The average Bonchev–Trinajstić information content (AvgIpc) is 3.03. The third kappa shape index (κ3) is 7.48. The monoisotopic (exact) mass is 635 g/mol. The molecule has 0 spiro atoms. The molecule has 0 bridgehead atoms. The Bertz CT molecular complexity index is 1740. The first-order valence-electron chi connectivity index (χ1n) is 14.3. The number of methoxy groups -OCH3 is 1. The van der Waals surface area contributed by atoms with E-state index in [1.807, 2.05) is 20.8 Å². The molecular weight excluding hydrogens is 598 g/mol. The Balaban J connectivity index is 1.91. The van der Waals surface area contributed by atoms with E-state index < -0.39 is 21.4 Å². The van der Waals surface area contributed by atoms with Crippen LogP contribution >= 0.6 is 0 Å². The summed E-state index contributed by atoms with van der Waals surface area (Å²) in [5.41, 5.74) is -0.474. The molecule has 0 fully saturated rings. The van der Waals surface area contributed by atoms with Crippen molar-refractivity contribution < 1.29 is 32.5 Å². The van der Waals surface area contributed by atoms with Gasteiger partial charge in [0, 0.05) is 12.4 Å². The summed E-state index contributed by atoms with van der Waals surface area (Å²) in [6.07, 6.45) is 3.50. The van der Waals surface area contributed by atoms with Gasteiger partial charge in [-0.2, -0.15) is 4.98 Å². The highest BCUT2D eigenvalue weighted by Gasteiger charge is 2.37. The Morgan fingerprint density at radius 1 is 0.889 bits per heavy atom. The number of anilines is 1. The molecule has 13 heteroatoms. The molecule has 12 nitrogen and oxygen atoms in total. The van der Waals surface area contributed by atoms with Crippen molar-refractivity contribution >= 4 is 21.8 Å². The lowest BCUT2D eigenvalue weighted by Gasteiger charge is -2.27. The fraction of sp³-hybridized carbons (Fsp3) is 0.344. The SMILES string of the molecule is CCC(CC)(COc1nc(-c2ncccn2)nc(NS(=O)(=O)c2ccc(C(C)(C)C)cc2)c1Oc1ccccc1OC)C(=O)O. The summed E-state index contributed by atoms with van der Waals surface area (Å²) in [5.74, 6) is -1.19. The van der Waals surface area contributed by atoms with E-state index in [2.05, 4.69) is 24.7 Å². The molecule has 0 aliphatic carbocycles. The molecule has 4 aromatic rings. The molecule has 2 N–H and O–H groups in total. The van der Waals surface area contributed by atoms with Gasteiger partial charge in [0.05, 0.1) is 12.0 Å². The number of benzene rings is 2. The standard InChI is InChI=1S/C32H37N5O7S/c1-7-32(8-2,30(38)39)20-43-29-25(44-24-13-10-9-12-23(24)42-6)26(35-28(36-29)27-33-18-11-19-34-27)37-45(40,41)22-16-14-21(15-17-22)31(3,4)5/h9-19H,7-8,20H2,1-6H3,(H,38,39)(H,35,36,37). The zero-order valence-corrected chi connectivity index (χ0v) is 26.9. The predicted molar refractivity (Wildman–Crippen MR) is 168 cm³/mol. The molecule has 238 valence electrons. The van der Waals surface area contributed by atoms with Crippen LogP contribution in [-0.4, -0.2) is 53.1 Å². The third-order valence-corrected chi connectivity index (χ3v) is 8.79. The van der Waals surface area contributed by atoms with Gasteiger partial charge in [-0.05, 0) is 54.2 Å². The van der Waals surface area contributed by atoms with E-state index in [-0.39, 0.29) is 64.6 Å². The number of aliphatic carboxylic acids is 1. The fourth-order valence-electron chi connectivity index (χ4n) is 4.36. The second-order valence-electron chi connectivity index (χ2n) is 11.3. The normalized spacial score (nSPS) is 12.0. The molecule has 0 radical (unpaired) electrons. The van der Waals surface area contributed by atoms with Crippen LogP contribution in [0.5, 0.6) is 23.1 Å². The lowest BCUT2D eigenvalue weighted by molar-refractivity contribution is -0.151. The van der Waals surface area contributed by atoms with E-state index in [4.69, 9.17) is 14.2 Å². The summed E-state index contributed by atoms with van der Waals surface area (Å²) in [6, 6.07) is 14.8. The van der Waals surface area contributed by atoms with Gasteiger partial charge in [-0.1, -0.05) is 58.9 Å². The smallest absolute Gasteiger partial charge is 0.313 e. The minimum absolute atomic E-state index is 0.0146. The van der Waals surface area contributed by atoms with Crippen LogP contribution in [0.3, 0.4) is 0 Å². The van der Waals surface area contributed by atoms with Crippen molar-refractivity contribution in [2.45, 2.75) is 57.8 Å². The van der Waals surface area contributed by atoms with Crippen molar-refractivity contribution in [2.24, 2.45) is 5.41 Å². The second kappa shape index (κ2) is 13.5. The summed E-state index contributed by atoms with van der Waals surface area (Å²) < 4.78 is 47.7. The van der Waals surface area contributed by atoms with Crippen LogP contribution in [0.15, 0.2) is 71.9 Å². The first kappa shape index (κ1) is 33.1. The number of hydrogen-bond donors (Lipinski definition) is 2. The number of para-hydroxylation sites is 2. The summed E-state index contributed by atoms with van der Waals surface area (Å²) in [7, 11) is -2.77. The van der Waals surface area contributed by atoms with Gasteiger partial charge < -0.3 is 19.3 Å². The van der Waals surface area contributed by atoms with Gasteiger partial charge >= 0.3 is 5.97 Å². The van der Waals surface area contributed by atoms with Crippen LogP contribution in [-0.2, 0) is 20.2 Å². The number of carboxylic acids is 1. The molecule has 0 amide bonds. The molecule has 2 aromatic carbocycles. The molecular formula is C32H37N5O7S. The molecule has 0 unspecified atom stereocenters. The van der Waals surface area contributed by atoms with E-state index in [0.717, 1.165) is 5.56 Å². The van der Waals surface area contributed by atoms with Crippen molar-refractivity contribution in [3.8, 4) is 34.8 Å². The largest absolute Gasteiger partial charge is 0.493 e. The topological polar surface area (TPSA) is 163 Å². The Hall–Kier alpha value is -4.78. The highest BCUT2D eigenvalue weighted by molar-refractivity contribution is 7.92. The molecule has 0 saturated carbocycles. The van der Waals surface area contributed by atoms with E-state index >= 15 is 0 Å². The van der Waals surface area contributed by atoms with Crippen molar-refractivity contribution in [3.63, 3.8) is 0 Å². The number of hydrogen-bond acceptors (Lipinski definition) is 10. The van der Waals surface area contributed by atoms with Crippen molar-refractivity contribution in [3.05, 3.63) is 72.6 Å². The number of sulfonamides is 1. The number of rotatable bonds is 13. The number of nitrogens with one attached hydrogen (secondary N) is 1. The highest BCUT2D eigenvalue weighted by Crippen LogP contribution is 2.42. The lowest BCUT2D eigenvalue weighted by atomic mass is 9.83. The maximum absolute atomic E-state index is 13.7. The summed E-state index contributed by atoms with van der Waals surface area (Å²) in [5, 5.41) is 10.0. The maximum atomic E-state index is 13.7. The van der Waals surface area contributed by atoms with Crippen LogP contribution in [0.4, 0.5) is 5.82 Å². The predicted octanol–water partition coefficient (Wildman–Crippen LogP) is 6.10. The van der Waals surface area contributed by atoms with E-state index in [9.17, 15) is 18.3 Å². The molecule has 0 aliphatic rings. The number of aromatic nitrogens is 4. The van der Waals surface area contributed by atoms with E-state index in [0.29, 0.717) is 5.75 Å². The van der Waals surface area contributed by atoms with Crippen molar-refractivity contribution in [1.29, 1.82) is 0 Å². The first-order valence-corrected chi connectivity index (χ1v) is 15.8. The Labute approximate surface area is 262 Å². The van der Waals surface area contributed by atoms with Gasteiger partial charge in [0.15, 0.2) is 23.1 Å². The summed E-state index contributed by atoms with van der Waals surface area (Å²) >= 11 is 0. The Kier molecular flexibility index (Phi) is 9.91. The average molecular weight is 636 g/mol. The zero-order valence-electron chi connectivity index (χ0n) is 26.1. The van der Waals surface area contributed by atoms with Crippen LogP contribution in [0.1, 0.15) is 53.0 Å². The quantitative estimate of drug-likeness (QED) is 0.174. The summed E-state index contributed by atoms with van der Waals surface area (Å²) in [4.78, 5) is 29.6. The summed E-state index contributed by atoms with van der Waals surface area (Å²) in [6.45, 7) is 9.30. The van der Waals surface area contributed by atoms with Crippen molar-refractivity contribution in [2.75, 3.05) is 18.4 Å². The van der Waals surface area contributed by atoms with Gasteiger partial charge in [-0.15, -0.1) is 0 Å². The lowest BCUT2D eigenvalue weighted by Crippen LogP contribution is -2.36. The van der Waals surface area contributed by atoms with Crippen molar-refractivity contribution in [1.82, 2.24) is 19.9 Å². The molecule has 0 aliphatic heterocycles. The van der Waals surface area contributed by atoms with Gasteiger partial charge in [-0.3, -0.25) is 9.52 Å².